The van der Waals surface area contributed by atoms with Crippen LogP contribution in [0.4, 0.5) is 5.69 Å². The van der Waals surface area contributed by atoms with Crippen LogP contribution in [0.1, 0.15) is 29.5 Å². The zero-order chi connectivity index (χ0) is 16.8. The van der Waals surface area contributed by atoms with Crippen LogP contribution in [0.2, 0.25) is 0 Å². The van der Waals surface area contributed by atoms with Crippen molar-refractivity contribution in [2.45, 2.75) is 38.8 Å². The normalized spacial score (nSPS) is 15.7. The molecule has 0 unspecified atom stereocenters. The number of nitrogens with one attached hydrogen (secondary N) is 1. The summed E-state index contributed by atoms with van der Waals surface area (Å²) in [5, 5.41) is 3.72. The molecule has 0 aliphatic carbocycles. The predicted molar refractivity (Wildman–Crippen MR) is 102 cm³/mol. The lowest BCUT2D eigenvalue weighted by Crippen LogP contribution is -2.42. The summed E-state index contributed by atoms with van der Waals surface area (Å²) in [6.45, 7) is 6.11. The summed E-state index contributed by atoms with van der Waals surface area (Å²) in [5.41, 5.74) is 11.0. The monoisotopic (exact) mass is 323 g/mol. The van der Waals surface area contributed by atoms with Gasteiger partial charge in [0, 0.05) is 31.4 Å². The molecular weight excluding hydrogens is 294 g/mol. The summed E-state index contributed by atoms with van der Waals surface area (Å²) in [7, 11) is 0. The SMILES string of the molecule is Cc1cccc(N2CCC(NCc3ccc(CCN)cc3)CC2)c1. The highest BCUT2D eigenvalue weighted by atomic mass is 15.1. The number of hydrogen-bond donors (Lipinski definition) is 2. The summed E-state index contributed by atoms with van der Waals surface area (Å²) in [6.07, 6.45) is 3.38. The summed E-state index contributed by atoms with van der Waals surface area (Å²) in [5.74, 6) is 0. The van der Waals surface area contributed by atoms with Gasteiger partial charge in [0.1, 0.15) is 0 Å². The highest BCUT2D eigenvalue weighted by Crippen LogP contribution is 2.21. The van der Waals surface area contributed by atoms with Crippen molar-refractivity contribution < 1.29 is 0 Å². The summed E-state index contributed by atoms with van der Waals surface area (Å²) < 4.78 is 0. The molecule has 0 saturated carbocycles. The lowest BCUT2D eigenvalue weighted by atomic mass is 10.0. The minimum absolute atomic E-state index is 0.620. The van der Waals surface area contributed by atoms with Crippen LogP contribution in [0, 0.1) is 6.92 Å². The van der Waals surface area contributed by atoms with Crippen molar-refractivity contribution in [2.75, 3.05) is 24.5 Å². The number of piperidine rings is 1. The Morgan fingerprint density at radius 3 is 2.42 bits per heavy atom. The molecular formula is C21H29N3. The third-order valence-electron chi connectivity index (χ3n) is 4.91. The second-order valence-corrected chi connectivity index (χ2v) is 6.84. The van der Waals surface area contributed by atoms with E-state index in [9.17, 15) is 0 Å². The van der Waals surface area contributed by atoms with Gasteiger partial charge in [-0.05, 0) is 61.6 Å². The van der Waals surface area contributed by atoms with Gasteiger partial charge in [0.15, 0.2) is 0 Å². The van der Waals surface area contributed by atoms with Gasteiger partial charge >= 0.3 is 0 Å². The molecule has 0 bridgehead atoms. The Morgan fingerprint density at radius 2 is 1.75 bits per heavy atom. The van der Waals surface area contributed by atoms with Gasteiger partial charge in [-0.25, -0.2) is 0 Å². The third kappa shape index (κ3) is 4.59. The van der Waals surface area contributed by atoms with E-state index >= 15 is 0 Å². The van der Waals surface area contributed by atoms with Crippen molar-refractivity contribution in [1.82, 2.24) is 5.32 Å². The first-order valence-electron chi connectivity index (χ1n) is 9.07. The Balaban J connectivity index is 1.45. The van der Waals surface area contributed by atoms with Crippen LogP contribution in [-0.4, -0.2) is 25.7 Å². The molecule has 24 heavy (non-hydrogen) atoms. The number of nitrogens with two attached hydrogens (primary N) is 1. The number of anilines is 1. The predicted octanol–water partition coefficient (Wildman–Crippen LogP) is 3.25. The first-order valence-corrected chi connectivity index (χ1v) is 9.07. The summed E-state index contributed by atoms with van der Waals surface area (Å²) >= 11 is 0. The van der Waals surface area contributed by atoms with Crippen LogP contribution in [-0.2, 0) is 13.0 Å². The maximum absolute atomic E-state index is 5.60. The highest BCUT2D eigenvalue weighted by molar-refractivity contribution is 5.48. The Kier molecular flexibility index (Phi) is 5.89. The Bertz CT molecular complexity index is 628. The van der Waals surface area contributed by atoms with Crippen molar-refractivity contribution in [3.05, 3.63) is 65.2 Å². The number of hydrogen-bond acceptors (Lipinski definition) is 3. The maximum Gasteiger partial charge on any atom is 0.0368 e. The molecule has 0 radical (unpaired) electrons. The van der Waals surface area contributed by atoms with E-state index < -0.39 is 0 Å². The Hall–Kier alpha value is -1.84. The van der Waals surface area contributed by atoms with Crippen LogP contribution < -0.4 is 16.0 Å². The van der Waals surface area contributed by atoms with Gasteiger partial charge in [0.2, 0.25) is 0 Å². The largest absolute Gasteiger partial charge is 0.371 e. The first kappa shape index (κ1) is 17.0. The molecule has 3 heteroatoms. The van der Waals surface area contributed by atoms with E-state index in [1.54, 1.807) is 0 Å². The van der Waals surface area contributed by atoms with Gasteiger partial charge in [-0.15, -0.1) is 0 Å². The zero-order valence-electron chi connectivity index (χ0n) is 14.7. The second kappa shape index (κ2) is 8.32. The summed E-state index contributed by atoms with van der Waals surface area (Å²) in [6, 6.07) is 18.3. The van der Waals surface area contributed by atoms with Crippen molar-refractivity contribution in [3.8, 4) is 0 Å². The van der Waals surface area contributed by atoms with Gasteiger partial charge in [0.25, 0.3) is 0 Å². The lowest BCUT2D eigenvalue weighted by Gasteiger charge is -2.34. The number of nitrogens with zero attached hydrogens (tertiary/aromatic N) is 1. The average molecular weight is 323 g/mol. The number of benzene rings is 2. The van der Waals surface area contributed by atoms with Crippen LogP contribution >= 0.6 is 0 Å². The molecule has 0 aromatic heterocycles. The fourth-order valence-electron chi connectivity index (χ4n) is 3.42. The van der Waals surface area contributed by atoms with Gasteiger partial charge < -0.3 is 16.0 Å². The third-order valence-corrected chi connectivity index (χ3v) is 4.91. The molecule has 3 rings (SSSR count). The fourth-order valence-corrected chi connectivity index (χ4v) is 3.42. The van der Waals surface area contributed by atoms with Gasteiger partial charge in [0.05, 0.1) is 0 Å². The maximum atomic E-state index is 5.60. The van der Waals surface area contributed by atoms with E-state index in [2.05, 4.69) is 65.7 Å². The van der Waals surface area contributed by atoms with Crippen LogP contribution in [0.3, 0.4) is 0 Å². The van der Waals surface area contributed by atoms with E-state index in [0.717, 1.165) is 32.6 Å². The minimum Gasteiger partial charge on any atom is -0.371 e. The molecule has 2 aromatic carbocycles. The second-order valence-electron chi connectivity index (χ2n) is 6.84. The Labute approximate surface area is 145 Å². The van der Waals surface area contributed by atoms with Crippen LogP contribution in [0.15, 0.2) is 48.5 Å². The molecule has 0 amide bonds. The van der Waals surface area contributed by atoms with Gasteiger partial charge in [-0.3, -0.25) is 0 Å². The smallest absolute Gasteiger partial charge is 0.0368 e. The molecule has 128 valence electrons. The van der Waals surface area contributed by atoms with Crippen LogP contribution in [0.5, 0.6) is 0 Å². The fraction of sp³-hybridized carbons (Fsp3) is 0.429. The van der Waals surface area contributed by atoms with E-state index in [1.165, 1.54) is 35.2 Å². The van der Waals surface area contributed by atoms with Crippen molar-refractivity contribution >= 4 is 5.69 Å². The zero-order valence-corrected chi connectivity index (χ0v) is 14.7. The molecule has 1 fully saturated rings. The molecule has 0 spiro atoms. The highest BCUT2D eigenvalue weighted by Gasteiger charge is 2.18. The molecule has 3 nitrogen and oxygen atoms in total. The lowest BCUT2D eigenvalue weighted by molar-refractivity contribution is 0.414. The van der Waals surface area contributed by atoms with E-state index in [1.807, 2.05) is 0 Å². The van der Waals surface area contributed by atoms with Crippen molar-refractivity contribution in [3.63, 3.8) is 0 Å². The number of aryl methyl sites for hydroxylation is 1. The van der Waals surface area contributed by atoms with Gasteiger partial charge in [-0.1, -0.05) is 36.4 Å². The van der Waals surface area contributed by atoms with E-state index in [0.29, 0.717) is 6.04 Å². The minimum atomic E-state index is 0.620. The quantitative estimate of drug-likeness (QED) is 0.857. The molecule has 0 atom stereocenters. The summed E-state index contributed by atoms with van der Waals surface area (Å²) in [4.78, 5) is 2.51. The van der Waals surface area contributed by atoms with Gasteiger partial charge in [-0.2, -0.15) is 0 Å². The average Bonchev–Trinajstić information content (AvgIpc) is 2.62. The Morgan fingerprint density at radius 1 is 1.04 bits per heavy atom. The van der Waals surface area contributed by atoms with E-state index in [4.69, 9.17) is 5.73 Å². The van der Waals surface area contributed by atoms with Crippen molar-refractivity contribution in [1.29, 1.82) is 0 Å². The first-order chi connectivity index (χ1) is 11.7. The molecule has 3 N–H and O–H groups in total. The molecule has 2 aromatic rings. The van der Waals surface area contributed by atoms with Crippen LogP contribution in [0.25, 0.3) is 0 Å². The number of rotatable bonds is 6. The molecule has 1 aliphatic heterocycles. The van der Waals surface area contributed by atoms with E-state index in [-0.39, 0.29) is 0 Å². The molecule has 1 saturated heterocycles. The van der Waals surface area contributed by atoms with Crippen molar-refractivity contribution in [2.24, 2.45) is 5.73 Å². The standard InChI is InChI=1S/C21H29N3/c1-17-3-2-4-21(15-17)24-13-10-20(11-14-24)23-16-19-7-5-18(6-8-19)9-12-22/h2-8,15,20,23H,9-14,16,22H2,1H3. The molecule has 1 aliphatic rings. The molecule has 1 heterocycles. The topological polar surface area (TPSA) is 41.3 Å².